The van der Waals surface area contributed by atoms with E-state index in [0.717, 1.165) is 17.4 Å². The van der Waals surface area contributed by atoms with E-state index in [4.69, 9.17) is 0 Å². The van der Waals surface area contributed by atoms with Gasteiger partial charge in [0.25, 0.3) is 5.56 Å². The minimum absolute atomic E-state index is 0.0918. The van der Waals surface area contributed by atoms with Crippen LogP contribution in [0.1, 0.15) is 15.9 Å². The number of rotatable bonds is 4. The molecule has 2 heterocycles. The van der Waals surface area contributed by atoms with Crippen LogP contribution in [0, 0.1) is 0 Å². The largest absolute Gasteiger partial charge is 0.573 e. The molecule has 0 amide bonds. The first kappa shape index (κ1) is 18.6. The lowest BCUT2D eigenvalue weighted by molar-refractivity contribution is -0.274. The molecule has 0 radical (unpaired) electrons. The molecule has 138 valence electrons. The van der Waals surface area contributed by atoms with Gasteiger partial charge in [-0.2, -0.15) is 0 Å². The number of pyridine rings is 1. The van der Waals surface area contributed by atoms with Gasteiger partial charge in [-0.25, -0.2) is 0 Å². The Hall–Kier alpha value is -3.20. The molecule has 0 saturated heterocycles. The normalized spacial score (nSPS) is 13.0. The monoisotopic (exact) mass is 392 g/mol. The van der Waals surface area contributed by atoms with Crippen molar-refractivity contribution in [1.29, 1.82) is 0 Å². The predicted molar refractivity (Wildman–Crippen MR) is 93.9 cm³/mol. The van der Waals surface area contributed by atoms with Gasteiger partial charge in [-0.05, 0) is 24.3 Å². The standard InChI is InChI=1S/C18H11F3N2O3S/c19-18(20,21)26-14-4-2-1-3-12(14)9-15-17(25)23-16(27-15)10-13(24)11-5-7-22-8-6-11/h1-10H,(H,23,25)/b15-9+,16-10-. The molecule has 0 aliphatic heterocycles. The van der Waals surface area contributed by atoms with Crippen LogP contribution in [0.15, 0.2) is 53.6 Å². The molecule has 9 heteroatoms. The van der Waals surface area contributed by atoms with E-state index < -0.39 is 17.7 Å². The van der Waals surface area contributed by atoms with Gasteiger partial charge < -0.3 is 9.72 Å². The maximum atomic E-state index is 12.5. The maximum Gasteiger partial charge on any atom is 0.573 e. The molecule has 3 aromatic rings. The van der Waals surface area contributed by atoms with Crippen LogP contribution in [0.25, 0.3) is 12.2 Å². The molecule has 0 unspecified atom stereocenters. The number of ketones is 1. The van der Waals surface area contributed by atoms with Crippen LogP contribution in [-0.2, 0) is 0 Å². The van der Waals surface area contributed by atoms with Gasteiger partial charge in [0.1, 0.15) is 5.75 Å². The summed E-state index contributed by atoms with van der Waals surface area (Å²) in [5, 5.41) is 0. The Morgan fingerprint density at radius 1 is 1.15 bits per heavy atom. The average molecular weight is 392 g/mol. The first-order valence-electron chi connectivity index (χ1n) is 7.53. The van der Waals surface area contributed by atoms with Crippen LogP contribution in [0.4, 0.5) is 13.2 Å². The number of carbonyl (C=O) groups excluding carboxylic acids is 1. The molecule has 0 spiro atoms. The SMILES string of the molecule is O=C(/C=c1/[nH]c(=O)/c(=C\c2ccccc2OC(F)(F)F)s1)c1ccncc1. The highest BCUT2D eigenvalue weighted by atomic mass is 32.1. The first-order valence-corrected chi connectivity index (χ1v) is 8.35. The molecule has 0 aliphatic rings. The second kappa shape index (κ2) is 7.58. The van der Waals surface area contributed by atoms with Gasteiger partial charge in [0.2, 0.25) is 0 Å². The number of hydrogen-bond donors (Lipinski definition) is 1. The minimum Gasteiger partial charge on any atom is -0.405 e. The summed E-state index contributed by atoms with van der Waals surface area (Å²) in [6.07, 6.45) is 0.613. The Morgan fingerprint density at radius 2 is 1.85 bits per heavy atom. The van der Waals surface area contributed by atoms with Gasteiger partial charge in [-0.15, -0.1) is 24.5 Å². The Morgan fingerprint density at radius 3 is 2.56 bits per heavy atom. The van der Waals surface area contributed by atoms with E-state index in [1.54, 1.807) is 0 Å². The highest BCUT2D eigenvalue weighted by molar-refractivity contribution is 7.07. The van der Waals surface area contributed by atoms with Crippen molar-refractivity contribution in [3.63, 3.8) is 0 Å². The zero-order chi connectivity index (χ0) is 19.4. The Labute approximate surface area is 154 Å². The van der Waals surface area contributed by atoms with Gasteiger partial charge in [0.05, 0.1) is 9.20 Å². The number of para-hydroxylation sites is 1. The second-order valence-corrected chi connectivity index (χ2v) is 6.34. The number of carbonyl (C=O) groups is 1. The molecule has 0 bridgehead atoms. The highest BCUT2D eigenvalue weighted by Crippen LogP contribution is 2.26. The van der Waals surface area contributed by atoms with Crippen molar-refractivity contribution in [2.45, 2.75) is 6.36 Å². The number of alkyl halides is 3. The van der Waals surface area contributed by atoms with Crippen LogP contribution in [0.3, 0.4) is 0 Å². The third-order valence-corrected chi connectivity index (χ3v) is 4.30. The Kier molecular flexibility index (Phi) is 5.22. The molecule has 5 nitrogen and oxygen atoms in total. The number of nitrogens with zero attached hydrogens (tertiary/aromatic N) is 1. The molecule has 0 saturated carbocycles. The number of Topliss-reactive ketones (excluding diaryl/α,β-unsaturated/α-hetero) is 1. The van der Waals surface area contributed by atoms with Gasteiger partial charge >= 0.3 is 6.36 Å². The molecule has 0 aliphatic carbocycles. The van der Waals surface area contributed by atoms with Gasteiger partial charge in [0, 0.05) is 29.6 Å². The van der Waals surface area contributed by atoms with Crippen molar-refractivity contribution in [2.75, 3.05) is 0 Å². The number of thiazole rings is 1. The third-order valence-electron chi connectivity index (χ3n) is 3.34. The number of benzene rings is 1. The maximum absolute atomic E-state index is 12.5. The number of aromatic nitrogens is 2. The zero-order valence-corrected chi connectivity index (χ0v) is 14.3. The number of nitrogens with one attached hydrogen (secondary N) is 1. The van der Waals surface area contributed by atoms with Crippen molar-refractivity contribution in [3.05, 3.63) is 79.5 Å². The van der Waals surface area contributed by atoms with E-state index in [0.29, 0.717) is 5.56 Å². The smallest absolute Gasteiger partial charge is 0.405 e. The third kappa shape index (κ3) is 4.91. The molecule has 2 aromatic heterocycles. The summed E-state index contributed by atoms with van der Waals surface area (Å²) in [5.41, 5.74) is -0.0292. The molecule has 1 N–H and O–H groups in total. The second-order valence-electron chi connectivity index (χ2n) is 5.26. The predicted octanol–water partition coefficient (Wildman–Crippen LogP) is 2.22. The lowest BCUT2D eigenvalue weighted by atomic mass is 10.2. The van der Waals surface area contributed by atoms with E-state index in [-0.39, 0.29) is 20.5 Å². The minimum atomic E-state index is -4.85. The number of ether oxygens (including phenoxy) is 1. The Balaban J connectivity index is 2.00. The fourth-order valence-electron chi connectivity index (χ4n) is 2.20. The van der Waals surface area contributed by atoms with Crippen LogP contribution >= 0.6 is 11.3 Å². The van der Waals surface area contributed by atoms with Crippen molar-refractivity contribution in [2.24, 2.45) is 0 Å². The fourth-order valence-corrected chi connectivity index (χ4v) is 3.08. The average Bonchev–Trinajstić information content (AvgIpc) is 2.95. The topological polar surface area (TPSA) is 72.0 Å². The number of halogens is 3. The summed E-state index contributed by atoms with van der Waals surface area (Å²) >= 11 is 0.952. The van der Waals surface area contributed by atoms with Crippen molar-refractivity contribution in [3.8, 4) is 5.75 Å². The Bertz CT molecular complexity index is 1130. The molecular formula is C18H11F3N2O3S. The summed E-state index contributed by atoms with van der Waals surface area (Å²) in [5.74, 6) is -0.751. The van der Waals surface area contributed by atoms with E-state index in [2.05, 4.69) is 14.7 Å². The van der Waals surface area contributed by atoms with Crippen LogP contribution in [0.5, 0.6) is 5.75 Å². The van der Waals surface area contributed by atoms with E-state index in [9.17, 15) is 22.8 Å². The van der Waals surface area contributed by atoms with Gasteiger partial charge in [-0.1, -0.05) is 18.2 Å². The molecular weight excluding hydrogens is 381 g/mol. The molecule has 1 aromatic carbocycles. The lowest BCUT2D eigenvalue weighted by Gasteiger charge is -2.10. The van der Waals surface area contributed by atoms with Crippen LogP contribution in [-0.4, -0.2) is 22.1 Å². The highest BCUT2D eigenvalue weighted by Gasteiger charge is 2.31. The van der Waals surface area contributed by atoms with Crippen molar-refractivity contribution in [1.82, 2.24) is 9.97 Å². The van der Waals surface area contributed by atoms with E-state index >= 15 is 0 Å². The zero-order valence-electron chi connectivity index (χ0n) is 13.5. The molecule has 27 heavy (non-hydrogen) atoms. The fraction of sp³-hybridized carbons (Fsp3) is 0.0556. The van der Waals surface area contributed by atoms with Crippen molar-refractivity contribution >= 4 is 29.3 Å². The summed E-state index contributed by atoms with van der Waals surface area (Å²) in [4.78, 5) is 30.6. The van der Waals surface area contributed by atoms with E-state index in [1.807, 2.05) is 0 Å². The van der Waals surface area contributed by atoms with Crippen molar-refractivity contribution < 1.29 is 22.7 Å². The molecule has 0 atom stereocenters. The van der Waals surface area contributed by atoms with Gasteiger partial charge in [0.15, 0.2) is 5.78 Å². The molecule has 3 rings (SSSR count). The number of hydrogen-bond acceptors (Lipinski definition) is 5. The quantitative estimate of drug-likeness (QED) is 0.692. The number of H-pyrrole nitrogens is 1. The van der Waals surface area contributed by atoms with Crippen LogP contribution < -0.4 is 19.5 Å². The summed E-state index contributed by atoms with van der Waals surface area (Å²) in [6.45, 7) is 0. The van der Waals surface area contributed by atoms with E-state index in [1.165, 1.54) is 54.9 Å². The molecule has 0 fully saturated rings. The summed E-state index contributed by atoms with van der Waals surface area (Å²) in [6, 6.07) is 8.53. The number of aromatic amines is 1. The first-order chi connectivity index (χ1) is 12.8. The lowest BCUT2D eigenvalue weighted by Crippen LogP contribution is -2.21. The van der Waals surface area contributed by atoms with Gasteiger partial charge in [-0.3, -0.25) is 14.6 Å². The van der Waals surface area contributed by atoms with Crippen LogP contribution in [0.2, 0.25) is 0 Å². The summed E-state index contributed by atoms with van der Waals surface area (Å²) < 4.78 is 41.9. The summed E-state index contributed by atoms with van der Waals surface area (Å²) in [7, 11) is 0.